The summed E-state index contributed by atoms with van der Waals surface area (Å²) in [7, 11) is 0. The van der Waals surface area contributed by atoms with Gasteiger partial charge in [0.15, 0.2) is 0 Å². The number of anilines is 1. The first kappa shape index (κ1) is 15.7. The molecule has 1 unspecified atom stereocenters. The SMILES string of the molecule is Cc1cc(N2CCC(N3CCCC3C)CC2)nc(C(C)C)n1. The Morgan fingerprint density at radius 2 is 1.82 bits per heavy atom. The molecule has 1 atom stereocenters. The van der Waals surface area contributed by atoms with Crippen LogP contribution in [0.25, 0.3) is 0 Å². The Bertz CT molecular complexity index is 506. The summed E-state index contributed by atoms with van der Waals surface area (Å²) in [6.07, 6.45) is 5.29. The van der Waals surface area contributed by atoms with Crippen LogP contribution in [0, 0.1) is 6.92 Å². The minimum atomic E-state index is 0.390. The molecule has 0 aliphatic carbocycles. The summed E-state index contributed by atoms with van der Waals surface area (Å²) in [4.78, 5) is 14.6. The largest absolute Gasteiger partial charge is 0.356 e. The lowest BCUT2D eigenvalue weighted by Crippen LogP contribution is -2.46. The van der Waals surface area contributed by atoms with Crippen LogP contribution in [0.1, 0.15) is 63.9 Å². The van der Waals surface area contributed by atoms with Crippen molar-refractivity contribution in [3.8, 4) is 0 Å². The van der Waals surface area contributed by atoms with Gasteiger partial charge in [-0.1, -0.05) is 13.8 Å². The molecule has 4 heteroatoms. The third kappa shape index (κ3) is 3.27. The zero-order valence-electron chi connectivity index (χ0n) is 14.5. The van der Waals surface area contributed by atoms with Gasteiger partial charge in [0, 0.05) is 42.9 Å². The monoisotopic (exact) mass is 302 g/mol. The molecule has 3 rings (SSSR count). The van der Waals surface area contributed by atoms with Gasteiger partial charge in [0.1, 0.15) is 11.6 Å². The lowest BCUT2D eigenvalue weighted by Gasteiger charge is -2.39. The molecule has 1 aromatic rings. The van der Waals surface area contributed by atoms with Crippen molar-refractivity contribution in [2.75, 3.05) is 24.5 Å². The van der Waals surface area contributed by atoms with E-state index in [9.17, 15) is 0 Å². The highest BCUT2D eigenvalue weighted by Gasteiger charge is 2.30. The number of nitrogens with zero attached hydrogens (tertiary/aromatic N) is 4. The first-order chi connectivity index (χ1) is 10.5. The highest BCUT2D eigenvalue weighted by atomic mass is 15.3. The lowest BCUT2D eigenvalue weighted by atomic mass is 10.0. The number of likely N-dealkylation sites (tertiary alicyclic amines) is 1. The molecule has 0 spiro atoms. The number of aromatic nitrogens is 2. The van der Waals surface area contributed by atoms with Gasteiger partial charge in [-0.3, -0.25) is 4.90 Å². The smallest absolute Gasteiger partial charge is 0.133 e. The molecule has 0 bridgehead atoms. The van der Waals surface area contributed by atoms with Crippen LogP contribution in [0.2, 0.25) is 0 Å². The van der Waals surface area contributed by atoms with Crippen molar-refractivity contribution in [3.63, 3.8) is 0 Å². The summed E-state index contributed by atoms with van der Waals surface area (Å²) < 4.78 is 0. The average Bonchev–Trinajstić information content (AvgIpc) is 2.93. The van der Waals surface area contributed by atoms with Crippen LogP contribution >= 0.6 is 0 Å². The van der Waals surface area contributed by atoms with E-state index in [-0.39, 0.29) is 0 Å². The summed E-state index contributed by atoms with van der Waals surface area (Å²) in [6, 6.07) is 3.71. The van der Waals surface area contributed by atoms with Crippen LogP contribution in [-0.2, 0) is 0 Å². The molecular formula is C18H30N4. The normalized spacial score (nSPS) is 24.4. The summed E-state index contributed by atoms with van der Waals surface area (Å²) in [5.41, 5.74) is 1.09. The Kier molecular flexibility index (Phi) is 4.67. The Labute approximate surface area is 134 Å². The van der Waals surface area contributed by atoms with Gasteiger partial charge in [0.25, 0.3) is 0 Å². The van der Waals surface area contributed by atoms with Gasteiger partial charge in [0.2, 0.25) is 0 Å². The standard InChI is InChI=1S/C18H30N4/c1-13(2)18-19-14(3)12-17(20-18)21-10-7-16(8-11-21)22-9-5-6-15(22)4/h12-13,15-16H,5-11H2,1-4H3. The molecule has 2 saturated heterocycles. The molecule has 1 aromatic heterocycles. The van der Waals surface area contributed by atoms with Crippen molar-refractivity contribution >= 4 is 5.82 Å². The van der Waals surface area contributed by atoms with E-state index in [4.69, 9.17) is 4.98 Å². The molecule has 0 radical (unpaired) electrons. The average molecular weight is 302 g/mol. The Morgan fingerprint density at radius 3 is 2.41 bits per heavy atom. The van der Waals surface area contributed by atoms with Gasteiger partial charge < -0.3 is 4.90 Å². The zero-order chi connectivity index (χ0) is 15.7. The topological polar surface area (TPSA) is 32.3 Å². The zero-order valence-corrected chi connectivity index (χ0v) is 14.5. The Hall–Kier alpha value is -1.16. The van der Waals surface area contributed by atoms with Crippen molar-refractivity contribution in [1.82, 2.24) is 14.9 Å². The summed E-state index contributed by atoms with van der Waals surface area (Å²) in [5, 5.41) is 0. The molecule has 2 fully saturated rings. The van der Waals surface area contributed by atoms with E-state index in [2.05, 4.69) is 48.5 Å². The van der Waals surface area contributed by atoms with E-state index in [1.807, 2.05) is 0 Å². The molecule has 0 amide bonds. The predicted molar refractivity (Wildman–Crippen MR) is 91.5 cm³/mol. The number of hydrogen-bond acceptors (Lipinski definition) is 4. The molecular weight excluding hydrogens is 272 g/mol. The van der Waals surface area contributed by atoms with Gasteiger partial charge in [-0.15, -0.1) is 0 Å². The Morgan fingerprint density at radius 1 is 1.09 bits per heavy atom. The predicted octanol–water partition coefficient (Wildman–Crippen LogP) is 3.36. The van der Waals surface area contributed by atoms with Crippen molar-refractivity contribution in [2.24, 2.45) is 0 Å². The Balaban J connectivity index is 1.66. The van der Waals surface area contributed by atoms with Gasteiger partial charge in [-0.05, 0) is 46.1 Å². The van der Waals surface area contributed by atoms with Crippen LogP contribution in [-0.4, -0.2) is 46.6 Å². The minimum Gasteiger partial charge on any atom is -0.356 e. The number of piperidine rings is 1. The number of hydrogen-bond donors (Lipinski definition) is 0. The molecule has 4 nitrogen and oxygen atoms in total. The van der Waals surface area contributed by atoms with E-state index in [1.54, 1.807) is 0 Å². The molecule has 2 aliphatic heterocycles. The fraction of sp³-hybridized carbons (Fsp3) is 0.778. The van der Waals surface area contributed by atoms with Crippen LogP contribution in [0.3, 0.4) is 0 Å². The molecule has 3 heterocycles. The highest BCUT2D eigenvalue weighted by Crippen LogP contribution is 2.27. The molecule has 22 heavy (non-hydrogen) atoms. The maximum absolute atomic E-state index is 4.80. The summed E-state index contributed by atoms with van der Waals surface area (Å²) >= 11 is 0. The maximum atomic E-state index is 4.80. The van der Waals surface area contributed by atoms with Crippen LogP contribution in [0.15, 0.2) is 6.07 Å². The fourth-order valence-corrected chi connectivity index (χ4v) is 3.92. The van der Waals surface area contributed by atoms with E-state index < -0.39 is 0 Å². The first-order valence-corrected chi connectivity index (χ1v) is 8.91. The van der Waals surface area contributed by atoms with Gasteiger partial charge in [-0.2, -0.15) is 0 Å². The molecule has 0 N–H and O–H groups in total. The minimum absolute atomic E-state index is 0.390. The number of aryl methyl sites for hydroxylation is 1. The van der Waals surface area contributed by atoms with Crippen molar-refractivity contribution in [1.29, 1.82) is 0 Å². The summed E-state index contributed by atoms with van der Waals surface area (Å²) in [5.74, 6) is 2.50. The van der Waals surface area contributed by atoms with Crippen molar-refractivity contribution < 1.29 is 0 Å². The second-order valence-electron chi connectivity index (χ2n) is 7.33. The van der Waals surface area contributed by atoms with E-state index in [1.165, 1.54) is 32.2 Å². The number of rotatable bonds is 3. The van der Waals surface area contributed by atoms with Gasteiger partial charge in [0.05, 0.1) is 0 Å². The van der Waals surface area contributed by atoms with Gasteiger partial charge in [-0.25, -0.2) is 9.97 Å². The second kappa shape index (κ2) is 6.53. The van der Waals surface area contributed by atoms with E-state index in [0.29, 0.717) is 5.92 Å². The van der Waals surface area contributed by atoms with Crippen LogP contribution in [0.4, 0.5) is 5.82 Å². The van der Waals surface area contributed by atoms with Crippen molar-refractivity contribution in [2.45, 2.75) is 71.4 Å². The van der Waals surface area contributed by atoms with Crippen LogP contribution in [0.5, 0.6) is 0 Å². The molecule has 2 aliphatic rings. The second-order valence-corrected chi connectivity index (χ2v) is 7.33. The van der Waals surface area contributed by atoms with Gasteiger partial charge >= 0.3 is 0 Å². The highest BCUT2D eigenvalue weighted by molar-refractivity contribution is 5.40. The lowest BCUT2D eigenvalue weighted by molar-refractivity contribution is 0.163. The quantitative estimate of drug-likeness (QED) is 0.857. The fourth-order valence-electron chi connectivity index (χ4n) is 3.92. The molecule has 122 valence electrons. The summed E-state index contributed by atoms with van der Waals surface area (Å²) in [6.45, 7) is 12.4. The maximum Gasteiger partial charge on any atom is 0.133 e. The molecule has 0 saturated carbocycles. The first-order valence-electron chi connectivity index (χ1n) is 8.91. The third-order valence-corrected chi connectivity index (χ3v) is 5.24. The van der Waals surface area contributed by atoms with Crippen LogP contribution < -0.4 is 4.90 Å². The van der Waals surface area contributed by atoms with E-state index >= 15 is 0 Å². The van der Waals surface area contributed by atoms with Crippen molar-refractivity contribution in [3.05, 3.63) is 17.6 Å². The third-order valence-electron chi connectivity index (χ3n) is 5.24. The van der Waals surface area contributed by atoms with E-state index in [0.717, 1.165) is 42.5 Å². The molecule has 0 aromatic carbocycles.